The fourth-order valence-corrected chi connectivity index (χ4v) is 1.93. The van der Waals surface area contributed by atoms with Crippen molar-refractivity contribution in [3.05, 3.63) is 0 Å². The van der Waals surface area contributed by atoms with Gasteiger partial charge in [-0.2, -0.15) is 11.8 Å². The van der Waals surface area contributed by atoms with Gasteiger partial charge in [-0.15, -0.1) is 0 Å². The minimum atomic E-state index is -0.547. The van der Waals surface area contributed by atoms with Gasteiger partial charge in [-0.25, -0.2) is 0 Å². The van der Waals surface area contributed by atoms with E-state index in [9.17, 15) is 9.59 Å². The monoisotopic (exact) mass is 276 g/mol. The molecule has 0 saturated heterocycles. The highest BCUT2D eigenvalue weighted by Gasteiger charge is 2.25. The van der Waals surface area contributed by atoms with E-state index in [-0.39, 0.29) is 18.5 Å². The van der Waals surface area contributed by atoms with Crippen molar-refractivity contribution in [1.29, 1.82) is 0 Å². The predicted molar refractivity (Wildman–Crippen MR) is 74.5 cm³/mol. The van der Waals surface area contributed by atoms with Crippen molar-refractivity contribution in [2.45, 2.75) is 39.3 Å². The van der Waals surface area contributed by atoms with Crippen LogP contribution in [-0.4, -0.2) is 54.0 Å². The zero-order valence-electron chi connectivity index (χ0n) is 11.6. The Morgan fingerprint density at radius 2 is 2.00 bits per heavy atom. The Kier molecular flexibility index (Phi) is 8.83. The van der Waals surface area contributed by atoms with Gasteiger partial charge < -0.3 is 15.4 Å². The van der Waals surface area contributed by atoms with Crippen molar-refractivity contribution in [3.63, 3.8) is 0 Å². The Morgan fingerprint density at radius 3 is 2.44 bits per heavy atom. The molecule has 0 aromatic rings. The van der Waals surface area contributed by atoms with Crippen LogP contribution in [0.4, 0.5) is 0 Å². The predicted octanol–water partition coefficient (Wildman–Crippen LogP) is 0.867. The van der Waals surface area contributed by atoms with Gasteiger partial charge in [0.1, 0.15) is 6.54 Å². The number of ether oxygens (including phenoxy) is 1. The first-order valence-corrected chi connectivity index (χ1v) is 7.54. The lowest BCUT2D eigenvalue weighted by molar-refractivity contribution is -0.150. The molecule has 1 atom stereocenters. The van der Waals surface area contributed by atoms with E-state index in [1.165, 1.54) is 4.90 Å². The molecule has 0 spiro atoms. The van der Waals surface area contributed by atoms with Gasteiger partial charge in [-0.05, 0) is 39.2 Å². The van der Waals surface area contributed by atoms with E-state index in [1.807, 2.05) is 20.1 Å². The van der Waals surface area contributed by atoms with Gasteiger partial charge in [0.15, 0.2) is 0 Å². The van der Waals surface area contributed by atoms with Crippen LogP contribution in [0.2, 0.25) is 0 Å². The number of carbonyl (C=O) groups excluding carboxylic acids is 2. The first kappa shape index (κ1) is 17.2. The van der Waals surface area contributed by atoms with Crippen molar-refractivity contribution in [1.82, 2.24) is 4.90 Å². The second kappa shape index (κ2) is 9.22. The molecule has 18 heavy (non-hydrogen) atoms. The highest BCUT2D eigenvalue weighted by molar-refractivity contribution is 7.98. The van der Waals surface area contributed by atoms with Crippen molar-refractivity contribution < 1.29 is 14.3 Å². The molecule has 0 radical (unpaired) electrons. The second-order valence-electron chi connectivity index (χ2n) is 4.25. The van der Waals surface area contributed by atoms with Gasteiger partial charge in [0.2, 0.25) is 5.91 Å². The fourth-order valence-electron chi connectivity index (χ4n) is 1.44. The van der Waals surface area contributed by atoms with Crippen LogP contribution < -0.4 is 5.73 Å². The van der Waals surface area contributed by atoms with Crippen molar-refractivity contribution in [3.8, 4) is 0 Å². The lowest BCUT2D eigenvalue weighted by Gasteiger charge is -2.28. The number of nitrogens with zero attached hydrogens (tertiary/aromatic N) is 1. The van der Waals surface area contributed by atoms with Crippen LogP contribution >= 0.6 is 11.8 Å². The summed E-state index contributed by atoms with van der Waals surface area (Å²) in [6.45, 7) is 5.75. The third-order valence-electron chi connectivity index (χ3n) is 2.46. The number of carbonyl (C=O) groups is 2. The van der Waals surface area contributed by atoms with Crippen LogP contribution in [0.15, 0.2) is 0 Å². The molecule has 1 amide bonds. The Balaban J connectivity index is 4.48. The smallest absolute Gasteiger partial charge is 0.325 e. The van der Waals surface area contributed by atoms with Crippen LogP contribution in [-0.2, 0) is 14.3 Å². The minimum Gasteiger partial charge on any atom is -0.465 e. The Hall–Kier alpha value is -0.750. The maximum absolute atomic E-state index is 12.1. The van der Waals surface area contributed by atoms with Crippen LogP contribution in [0, 0.1) is 0 Å². The molecule has 0 fully saturated rings. The molecule has 2 N–H and O–H groups in total. The molecule has 5 nitrogen and oxygen atoms in total. The molecule has 0 rings (SSSR count). The molecular weight excluding hydrogens is 252 g/mol. The average Bonchev–Trinajstić information content (AvgIpc) is 2.32. The molecule has 0 aromatic carbocycles. The third kappa shape index (κ3) is 6.26. The lowest BCUT2D eigenvalue weighted by Crippen LogP contribution is -2.49. The van der Waals surface area contributed by atoms with Gasteiger partial charge in [-0.1, -0.05) is 0 Å². The summed E-state index contributed by atoms with van der Waals surface area (Å²) in [6, 6.07) is -0.614. The summed E-state index contributed by atoms with van der Waals surface area (Å²) in [5.41, 5.74) is 5.84. The van der Waals surface area contributed by atoms with Gasteiger partial charge in [0, 0.05) is 6.04 Å². The van der Waals surface area contributed by atoms with E-state index in [1.54, 1.807) is 18.7 Å². The topological polar surface area (TPSA) is 72.6 Å². The second-order valence-corrected chi connectivity index (χ2v) is 5.24. The maximum atomic E-state index is 12.1. The van der Waals surface area contributed by atoms with E-state index < -0.39 is 12.0 Å². The Bertz CT molecular complexity index is 272. The summed E-state index contributed by atoms with van der Waals surface area (Å²) >= 11 is 1.65. The number of hydrogen-bond donors (Lipinski definition) is 1. The largest absolute Gasteiger partial charge is 0.465 e. The first-order chi connectivity index (χ1) is 8.43. The molecule has 0 aromatic heterocycles. The molecular formula is C12H24N2O3S. The molecule has 6 heteroatoms. The van der Waals surface area contributed by atoms with Gasteiger partial charge in [0.05, 0.1) is 12.6 Å². The summed E-state index contributed by atoms with van der Waals surface area (Å²) < 4.78 is 4.86. The van der Waals surface area contributed by atoms with E-state index in [2.05, 4.69) is 0 Å². The highest BCUT2D eigenvalue weighted by Crippen LogP contribution is 2.06. The van der Waals surface area contributed by atoms with Crippen molar-refractivity contribution >= 4 is 23.6 Å². The van der Waals surface area contributed by atoms with Crippen LogP contribution in [0.5, 0.6) is 0 Å². The molecule has 0 heterocycles. The summed E-state index contributed by atoms with van der Waals surface area (Å²) in [5, 5.41) is 0. The summed E-state index contributed by atoms with van der Waals surface area (Å²) in [7, 11) is 0. The number of thioether (sulfide) groups is 1. The van der Waals surface area contributed by atoms with E-state index in [4.69, 9.17) is 10.5 Å². The number of nitrogens with two attached hydrogens (primary N) is 1. The van der Waals surface area contributed by atoms with Crippen molar-refractivity contribution in [2.24, 2.45) is 5.73 Å². The Labute approximate surface area is 113 Å². The van der Waals surface area contributed by atoms with Crippen LogP contribution in [0.3, 0.4) is 0 Å². The molecule has 0 aliphatic rings. The van der Waals surface area contributed by atoms with Crippen molar-refractivity contribution in [2.75, 3.05) is 25.2 Å². The molecule has 106 valence electrons. The summed E-state index contributed by atoms with van der Waals surface area (Å²) in [6.07, 6.45) is 2.59. The molecule has 0 aliphatic heterocycles. The maximum Gasteiger partial charge on any atom is 0.325 e. The Morgan fingerprint density at radius 1 is 1.39 bits per heavy atom. The number of amides is 1. The normalized spacial score (nSPS) is 12.3. The fraction of sp³-hybridized carbons (Fsp3) is 0.833. The SMILES string of the molecule is CCOC(=O)CN(C(=O)[C@@H](N)CCSC)C(C)C. The molecule has 0 aliphatic carbocycles. The van der Waals surface area contributed by atoms with E-state index in [0.717, 1.165) is 5.75 Å². The quantitative estimate of drug-likeness (QED) is 0.666. The van der Waals surface area contributed by atoms with Crippen LogP contribution in [0.1, 0.15) is 27.2 Å². The third-order valence-corrected chi connectivity index (χ3v) is 3.11. The number of rotatable bonds is 8. The average molecular weight is 276 g/mol. The molecule has 0 saturated carbocycles. The first-order valence-electron chi connectivity index (χ1n) is 6.14. The zero-order chi connectivity index (χ0) is 14.1. The molecule has 0 bridgehead atoms. The number of esters is 1. The standard InChI is InChI=1S/C12H24N2O3S/c1-5-17-11(15)8-14(9(2)3)12(16)10(13)6-7-18-4/h9-10H,5-8,13H2,1-4H3/t10-/m0/s1. The minimum absolute atomic E-state index is 0.0304. The van der Waals surface area contributed by atoms with Gasteiger partial charge in [0.25, 0.3) is 0 Å². The lowest BCUT2D eigenvalue weighted by atomic mass is 10.2. The zero-order valence-corrected chi connectivity index (χ0v) is 12.5. The summed E-state index contributed by atoms with van der Waals surface area (Å²) in [4.78, 5) is 25.0. The molecule has 0 unspecified atom stereocenters. The van der Waals surface area contributed by atoms with Gasteiger partial charge in [-0.3, -0.25) is 9.59 Å². The number of hydrogen-bond acceptors (Lipinski definition) is 5. The van der Waals surface area contributed by atoms with Gasteiger partial charge >= 0.3 is 5.97 Å². The van der Waals surface area contributed by atoms with Crippen LogP contribution in [0.25, 0.3) is 0 Å². The van der Waals surface area contributed by atoms with E-state index >= 15 is 0 Å². The highest BCUT2D eigenvalue weighted by atomic mass is 32.2. The van der Waals surface area contributed by atoms with E-state index in [0.29, 0.717) is 13.0 Å². The summed E-state index contributed by atoms with van der Waals surface area (Å²) in [5.74, 6) is 0.252.